The molecule has 96 valence electrons. The van der Waals surface area contributed by atoms with Crippen molar-refractivity contribution in [2.45, 2.75) is 26.3 Å². The second-order valence-electron chi connectivity index (χ2n) is 4.86. The van der Waals surface area contributed by atoms with Crippen LogP contribution in [-0.4, -0.2) is 43.1 Å². The summed E-state index contributed by atoms with van der Waals surface area (Å²) in [6.07, 6.45) is 4.82. The van der Waals surface area contributed by atoms with Crippen molar-refractivity contribution in [1.82, 2.24) is 15.2 Å². The van der Waals surface area contributed by atoms with Crippen molar-refractivity contribution in [3.63, 3.8) is 0 Å². The quantitative estimate of drug-likeness (QED) is 0.781. The largest absolute Gasteiger partial charge is 0.319 e. The number of nitrogens with one attached hydrogen (secondary N) is 1. The van der Waals surface area contributed by atoms with Gasteiger partial charge >= 0.3 is 0 Å². The van der Waals surface area contributed by atoms with E-state index in [1.165, 1.54) is 5.56 Å². The zero-order chi connectivity index (χ0) is 12.7. The number of hydrogen-bond donors (Lipinski definition) is 1. The Bertz CT molecular complexity index is 300. The molecule has 0 saturated heterocycles. The third-order valence-electron chi connectivity index (χ3n) is 3.55. The Morgan fingerprint density at radius 3 is 2.53 bits per heavy atom. The lowest BCUT2D eigenvalue weighted by molar-refractivity contribution is 0.199. The Morgan fingerprint density at radius 2 is 1.94 bits per heavy atom. The molecule has 3 nitrogen and oxygen atoms in total. The summed E-state index contributed by atoms with van der Waals surface area (Å²) in [7, 11) is 4.22. The third-order valence-corrected chi connectivity index (χ3v) is 3.55. The molecule has 0 aliphatic rings. The predicted molar refractivity (Wildman–Crippen MR) is 73.1 cm³/mol. The van der Waals surface area contributed by atoms with Crippen LogP contribution >= 0.6 is 0 Å². The molecule has 0 fully saturated rings. The second kappa shape index (κ2) is 7.41. The minimum Gasteiger partial charge on any atom is -0.319 e. The first-order valence-corrected chi connectivity index (χ1v) is 6.39. The first-order chi connectivity index (χ1) is 8.15. The maximum atomic E-state index is 4.04. The van der Waals surface area contributed by atoms with Crippen LogP contribution in [0.2, 0.25) is 0 Å². The van der Waals surface area contributed by atoms with Gasteiger partial charge in [0, 0.05) is 25.0 Å². The highest BCUT2D eigenvalue weighted by atomic mass is 15.1. The summed E-state index contributed by atoms with van der Waals surface area (Å²) in [5, 5.41) is 3.24. The summed E-state index contributed by atoms with van der Waals surface area (Å²) in [4.78, 5) is 6.47. The van der Waals surface area contributed by atoms with E-state index in [0.717, 1.165) is 19.5 Å². The summed E-state index contributed by atoms with van der Waals surface area (Å²) >= 11 is 0. The number of hydrogen-bond acceptors (Lipinski definition) is 3. The normalized spacial score (nSPS) is 14.9. The first kappa shape index (κ1) is 14.1. The number of pyridine rings is 1. The van der Waals surface area contributed by atoms with Crippen molar-refractivity contribution in [2.24, 2.45) is 5.92 Å². The minimum atomic E-state index is 0.601. The Labute approximate surface area is 105 Å². The van der Waals surface area contributed by atoms with Crippen molar-refractivity contribution >= 4 is 0 Å². The highest BCUT2D eigenvalue weighted by molar-refractivity contribution is 5.09. The van der Waals surface area contributed by atoms with Gasteiger partial charge in [-0.1, -0.05) is 6.92 Å². The molecule has 17 heavy (non-hydrogen) atoms. The molecule has 0 saturated carbocycles. The minimum absolute atomic E-state index is 0.601. The average Bonchev–Trinajstić information content (AvgIpc) is 2.36. The summed E-state index contributed by atoms with van der Waals surface area (Å²) in [6.45, 7) is 6.76. The van der Waals surface area contributed by atoms with E-state index in [2.05, 4.69) is 48.2 Å². The molecule has 3 heteroatoms. The number of nitrogens with zero attached hydrogens (tertiary/aromatic N) is 2. The number of rotatable bonds is 7. The topological polar surface area (TPSA) is 28.2 Å². The molecule has 1 aromatic heterocycles. The van der Waals surface area contributed by atoms with Crippen LogP contribution in [-0.2, 0) is 6.42 Å². The van der Waals surface area contributed by atoms with Gasteiger partial charge in [-0.2, -0.15) is 0 Å². The highest BCUT2D eigenvalue weighted by Crippen LogP contribution is 2.09. The molecule has 0 radical (unpaired) electrons. The molecule has 0 amide bonds. The third kappa shape index (κ3) is 4.84. The van der Waals surface area contributed by atoms with Crippen molar-refractivity contribution < 1.29 is 0 Å². The summed E-state index contributed by atoms with van der Waals surface area (Å²) in [5.41, 5.74) is 1.36. The van der Waals surface area contributed by atoms with Gasteiger partial charge in [-0.3, -0.25) is 4.98 Å². The standard InChI is InChI=1S/C14H25N3/c1-12(11-15-3)13(2)17(4)10-7-14-5-8-16-9-6-14/h5-6,8-9,12-13,15H,7,10-11H2,1-4H3. The molecular weight excluding hydrogens is 210 g/mol. The van der Waals surface area contributed by atoms with Crippen LogP contribution < -0.4 is 5.32 Å². The van der Waals surface area contributed by atoms with Gasteiger partial charge in [0.1, 0.15) is 0 Å². The van der Waals surface area contributed by atoms with Crippen LogP contribution in [0.4, 0.5) is 0 Å². The molecule has 0 aliphatic heterocycles. The van der Waals surface area contributed by atoms with Gasteiger partial charge in [0.05, 0.1) is 0 Å². The van der Waals surface area contributed by atoms with Gasteiger partial charge in [-0.15, -0.1) is 0 Å². The molecule has 1 aromatic rings. The maximum absolute atomic E-state index is 4.04. The van der Waals surface area contributed by atoms with Gasteiger partial charge < -0.3 is 10.2 Å². The monoisotopic (exact) mass is 235 g/mol. The Hall–Kier alpha value is -0.930. The molecule has 0 bridgehead atoms. The van der Waals surface area contributed by atoms with Crippen LogP contribution in [0.3, 0.4) is 0 Å². The van der Waals surface area contributed by atoms with Crippen LogP contribution in [0.15, 0.2) is 24.5 Å². The van der Waals surface area contributed by atoms with E-state index in [-0.39, 0.29) is 0 Å². The molecule has 0 spiro atoms. The van der Waals surface area contributed by atoms with Crippen LogP contribution in [0, 0.1) is 5.92 Å². The van der Waals surface area contributed by atoms with E-state index in [4.69, 9.17) is 0 Å². The van der Waals surface area contributed by atoms with E-state index >= 15 is 0 Å². The van der Waals surface area contributed by atoms with Crippen molar-refractivity contribution in [3.05, 3.63) is 30.1 Å². The lowest BCUT2D eigenvalue weighted by atomic mass is 10.0. The zero-order valence-electron chi connectivity index (χ0n) is 11.5. The number of aromatic nitrogens is 1. The van der Waals surface area contributed by atoms with Gasteiger partial charge in [0.2, 0.25) is 0 Å². The Balaban J connectivity index is 2.36. The lowest BCUT2D eigenvalue weighted by Crippen LogP contribution is -2.39. The fourth-order valence-corrected chi connectivity index (χ4v) is 1.99. The molecule has 2 atom stereocenters. The average molecular weight is 235 g/mol. The number of likely N-dealkylation sites (N-methyl/N-ethyl adjacent to an activating group) is 1. The van der Waals surface area contributed by atoms with E-state index < -0.39 is 0 Å². The van der Waals surface area contributed by atoms with Crippen molar-refractivity contribution in [3.8, 4) is 0 Å². The Morgan fingerprint density at radius 1 is 1.29 bits per heavy atom. The summed E-state index contributed by atoms with van der Waals surface area (Å²) in [5.74, 6) is 0.669. The Kier molecular flexibility index (Phi) is 6.16. The fraction of sp³-hybridized carbons (Fsp3) is 0.643. The molecule has 1 rings (SSSR count). The van der Waals surface area contributed by atoms with E-state index in [9.17, 15) is 0 Å². The second-order valence-corrected chi connectivity index (χ2v) is 4.86. The molecular formula is C14H25N3. The predicted octanol–water partition coefficient (Wildman–Crippen LogP) is 1.80. The maximum Gasteiger partial charge on any atom is 0.0270 e. The first-order valence-electron chi connectivity index (χ1n) is 6.39. The molecule has 0 aromatic carbocycles. The van der Waals surface area contributed by atoms with Crippen LogP contribution in [0.25, 0.3) is 0 Å². The van der Waals surface area contributed by atoms with E-state index in [1.807, 2.05) is 19.4 Å². The molecule has 2 unspecified atom stereocenters. The van der Waals surface area contributed by atoms with Gasteiger partial charge in [-0.05, 0) is 57.6 Å². The SMILES string of the molecule is CNCC(C)C(C)N(C)CCc1ccncc1. The van der Waals surface area contributed by atoms with E-state index in [0.29, 0.717) is 12.0 Å². The zero-order valence-corrected chi connectivity index (χ0v) is 11.5. The van der Waals surface area contributed by atoms with Gasteiger partial charge in [0.25, 0.3) is 0 Å². The van der Waals surface area contributed by atoms with Crippen LogP contribution in [0.1, 0.15) is 19.4 Å². The fourth-order valence-electron chi connectivity index (χ4n) is 1.99. The van der Waals surface area contributed by atoms with Crippen molar-refractivity contribution in [2.75, 3.05) is 27.2 Å². The van der Waals surface area contributed by atoms with E-state index in [1.54, 1.807) is 0 Å². The summed E-state index contributed by atoms with van der Waals surface area (Å²) < 4.78 is 0. The van der Waals surface area contributed by atoms with Gasteiger partial charge in [-0.25, -0.2) is 0 Å². The van der Waals surface area contributed by atoms with Crippen molar-refractivity contribution in [1.29, 1.82) is 0 Å². The highest BCUT2D eigenvalue weighted by Gasteiger charge is 2.15. The smallest absolute Gasteiger partial charge is 0.0270 e. The molecule has 1 N–H and O–H groups in total. The van der Waals surface area contributed by atoms with Crippen LogP contribution in [0.5, 0.6) is 0 Å². The molecule has 1 heterocycles. The molecule has 0 aliphatic carbocycles. The van der Waals surface area contributed by atoms with Gasteiger partial charge in [0.15, 0.2) is 0 Å². The summed E-state index contributed by atoms with van der Waals surface area (Å²) in [6, 6.07) is 4.79. The lowest BCUT2D eigenvalue weighted by Gasteiger charge is -2.29.